The normalized spacial score (nSPS) is 16.5. The van der Waals surface area contributed by atoms with Gasteiger partial charge in [-0.05, 0) is 51.8 Å². The molecule has 1 aromatic rings. The van der Waals surface area contributed by atoms with Gasteiger partial charge in [0.1, 0.15) is 5.60 Å². The van der Waals surface area contributed by atoms with E-state index in [-0.39, 0.29) is 6.54 Å². The van der Waals surface area contributed by atoms with Crippen LogP contribution in [0.4, 0.5) is 20.2 Å². The molecule has 1 saturated carbocycles. The Kier molecular flexibility index (Phi) is 4.31. The molecular weight excluding hydrogens is 290 g/mol. The molecule has 0 saturated heterocycles. The monoisotopic (exact) mass is 312 g/mol. The number of carbonyl (C=O) groups excluding carboxylic acids is 1. The molecule has 3 N–H and O–H groups in total. The molecule has 0 radical (unpaired) electrons. The van der Waals surface area contributed by atoms with Gasteiger partial charge in [0.05, 0.1) is 16.9 Å². The second-order valence-electron chi connectivity index (χ2n) is 6.82. The number of benzene rings is 1. The highest BCUT2D eigenvalue weighted by molar-refractivity contribution is 5.92. The highest BCUT2D eigenvalue weighted by Crippen LogP contribution is 2.50. The van der Waals surface area contributed by atoms with Gasteiger partial charge in [-0.2, -0.15) is 0 Å². The molecule has 0 bridgehead atoms. The van der Waals surface area contributed by atoms with Crippen LogP contribution in [-0.2, 0) is 4.74 Å². The van der Waals surface area contributed by atoms with Gasteiger partial charge in [-0.15, -0.1) is 0 Å². The zero-order chi connectivity index (χ0) is 16.5. The van der Waals surface area contributed by atoms with E-state index in [0.717, 1.165) is 0 Å². The zero-order valence-electron chi connectivity index (χ0n) is 13.1. The summed E-state index contributed by atoms with van der Waals surface area (Å²) >= 11 is 0. The largest absolute Gasteiger partial charge is 0.456 e. The maximum absolute atomic E-state index is 12.9. The number of hydrogen-bond donors (Lipinski definition) is 2. The molecule has 0 unspecified atom stereocenters. The summed E-state index contributed by atoms with van der Waals surface area (Å²) in [6.07, 6.45) is -1.35. The maximum atomic E-state index is 12.9. The van der Waals surface area contributed by atoms with Gasteiger partial charge >= 0.3 is 5.97 Å². The Morgan fingerprint density at radius 2 is 2.05 bits per heavy atom. The molecule has 1 fully saturated rings. The quantitative estimate of drug-likeness (QED) is 0.643. The van der Waals surface area contributed by atoms with Crippen LogP contribution in [0.1, 0.15) is 44.0 Å². The number of rotatable bonds is 5. The molecule has 0 amide bonds. The molecule has 0 aromatic heterocycles. The SMILES string of the molecule is CC(C)(C)OC(=O)c1ccc(N)c(NCC2(C(F)F)CC2)c1. The molecule has 22 heavy (non-hydrogen) atoms. The minimum absolute atomic E-state index is 0.145. The third-order valence-corrected chi connectivity index (χ3v) is 3.67. The number of hydrogen-bond acceptors (Lipinski definition) is 4. The van der Waals surface area contributed by atoms with Gasteiger partial charge in [-0.3, -0.25) is 0 Å². The predicted molar refractivity (Wildman–Crippen MR) is 82.2 cm³/mol. The average molecular weight is 312 g/mol. The number of esters is 1. The van der Waals surface area contributed by atoms with Crippen molar-refractivity contribution in [1.29, 1.82) is 0 Å². The Balaban J connectivity index is 2.09. The van der Waals surface area contributed by atoms with Gasteiger partial charge in [0.15, 0.2) is 0 Å². The summed E-state index contributed by atoms with van der Waals surface area (Å²) in [7, 11) is 0. The lowest BCUT2D eigenvalue weighted by atomic mass is 10.1. The number of halogens is 2. The Morgan fingerprint density at radius 3 is 2.55 bits per heavy atom. The van der Waals surface area contributed by atoms with E-state index >= 15 is 0 Å². The zero-order valence-corrected chi connectivity index (χ0v) is 13.1. The van der Waals surface area contributed by atoms with Crippen LogP contribution >= 0.6 is 0 Å². The lowest BCUT2D eigenvalue weighted by Gasteiger charge is -2.20. The number of anilines is 2. The summed E-state index contributed by atoms with van der Waals surface area (Å²) in [5, 5.41) is 2.94. The fraction of sp³-hybridized carbons (Fsp3) is 0.562. The molecule has 4 nitrogen and oxygen atoms in total. The molecule has 2 rings (SSSR count). The van der Waals surface area contributed by atoms with E-state index in [1.54, 1.807) is 39.0 Å². The van der Waals surface area contributed by atoms with Crippen molar-refractivity contribution in [3.05, 3.63) is 23.8 Å². The van der Waals surface area contributed by atoms with Gasteiger partial charge in [-0.25, -0.2) is 13.6 Å². The third kappa shape index (κ3) is 3.87. The highest BCUT2D eigenvalue weighted by atomic mass is 19.3. The molecule has 0 atom stereocenters. The van der Waals surface area contributed by atoms with Crippen LogP contribution < -0.4 is 11.1 Å². The first-order valence-electron chi connectivity index (χ1n) is 7.28. The van der Waals surface area contributed by atoms with E-state index in [4.69, 9.17) is 10.5 Å². The molecule has 0 aliphatic heterocycles. The van der Waals surface area contributed by atoms with Crippen LogP contribution in [-0.4, -0.2) is 24.5 Å². The number of nitrogens with one attached hydrogen (secondary N) is 1. The van der Waals surface area contributed by atoms with Crippen molar-refractivity contribution < 1.29 is 18.3 Å². The first kappa shape index (κ1) is 16.5. The van der Waals surface area contributed by atoms with E-state index in [1.807, 2.05) is 0 Å². The van der Waals surface area contributed by atoms with Crippen molar-refractivity contribution >= 4 is 17.3 Å². The van der Waals surface area contributed by atoms with Gasteiger partial charge in [0, 0.05) is 12.0 Å². The summed E-state index contributed by atoms with van der Waals surface area (Å²) in [6.45, 7) is 5.48. The van der Waals surface area contributed by atoms with Crippen LogP contribution in [0.2, 0.25) is 0 Å². The van der Waals surface area contributed by atoms with Crippen LogP contribution in [0, 0.1) is 5.41 Å². The second kappa shape index (κ2) is 5.74. The fourth-order valence-corrected chi connectivity index (χ4v) is 2.08. The van der Waals surface area contributed by atoms with E-state index < -0.39 is 23.4 Å². The number of nitrogen functional groups attached to an aromatic ring is 1. The summed E-state index contributed by atoms with van der Waals surface area (Å²) < 4.78 is 31.1. The van der Waals surface area contributed by atoms with Gasteiger partial charge in [0.25, 0.3) is 0 Å². The first-order valence-corrected chi connectivity index (χ1v) is 7.28. The molecule has 1 aliphatic rings. The Bertz CT molecular complexity index is 564. The summed E-state index contributed by atoms with van der Waals surface area (Å²) in [5.74, 6) is -0.467. The minimum Gasteiger partial charge on any atom is -0.456 e. The summed E-state index contributed by atoms with van der Waals surface area (Å²) in [4.78, 5) is 12.0. The van der Waals surface area contributed by atoms with Crippen molar-refractivity contribution in [2.45, 2.75) is 45.6 Å². The molecular formula is C16H22F2N2O2. The van der Waals surface area contributed by atoms with Crippen molar-refractivity contribution in [3.8, 4) is 0 Å². The fourth-order valence-electron chi connectivity index (χ4n) is 2.08. The van der Waals surface area contributed by atoms with Gasteiger partial charge in [0.2, 0.25) is 6.43 Å². The van der Waals surface area contributed by atoms with Crippen LogP contribution in [0.3, 0.4) is 0 Å². The lowest BCUT2D eigenvalue weighted by Crippen LogP contribution is -2.25. The predicted octanol–water partition coefficient (Wildman–Crippen LogP) is 3.68. The first-order chi connectivity index (χ1) is 10.1. The number of carbonyl (C=O) groups is 1. The maximum Gasteiger partial charge on any atom is 0.338 e. The Morgan fingerprint density at radius 1 is 1.41 bits per heavy atom. The van der Waals surface area contributed by atoms with E-state index in [2.05, 4.69) is 5.32 Å². The molecule has 122 valence electrons. The standard InChI is InChI=1S/C16H22F2N2O2/c1-15(2,3)22-13(21)10-4-5-11(19)12(8-10)20-9-16(6-7-16)14(17)18/h4-5,8,14,20H,6-7,9,19H2,1-3H3. The highest BCUT2D eigenvalue weighted by Gasteiger charge is 2.50. The van der Waals surface area contributed by atoms with Crippen LogP contribution in [0.5, 0.6) is 0 Å². The molecule has 6 heteroatoms. The summed E-state index contributed by atoms with van der Waals surface area (Å²) in [6, 6.07) is 4.68. The average Bonchev–Trinajstić information content (AvgIpc) is 3.17. The molecule has 1 aliphatic carbocycles. The van der Waals surface area contributed by atoms with Crippen LogP contribution in [0.25, 0.3) is 0 Å². The molecule has 0 spiro atoms. The number of alkyl halides is 2. The topological polar surface area (TPSA) is 64.3 Å². The Hall–Kier alpha value is -1.85. The summed E-state index contributed by atoms with van der Waals surface area (Å²) in [5.41, 5.74) is 5.53. The number of nitrogens with two attached hydrogens (primary N) is 1. The second-order valence-corrected chi connectivity index (χ2v) is 6.82. The van der Waals surface area contributed by atoms with Crippen molar-refractivity contribution in [2.75, 3.05) is 17.6 Å². The van der Waals surface area contributed by atoms with Gasteiger partial charge in [-0.1, -0.05) is 0 Å². The van der Waals surface area contributed by atoms with Crippen LogP contribution in [0.15, 0.2) is 18.2 Å². The molecule has 1 aromatic carbocycles. The number of ether oxygens (including phenoxy) is 1. The van der Waals surface area contributed by atoms with Crippen molar-refractivity contribution in [1.82, 2.24) is 0 Å². The Labute approximate surface area is 129 Å². The third-order valence-electron chi connectivity index (χ3n) is 3.67. The molecule has 0 heterocycles. The van der Waals surface area contributed by atoms with E-state index in [9.17, 15) is 13.6 Å². The van der Waals surface area contributed by atoms with E-state index in [1.165, 1.54) is 0 Å². The van der Waals surface area contributed by atoms with E-state index in [0.29, 0.717) is 29.8 Å². The van der Waals surface area contributed by atoms with Crippen molar-refractivity contribution in [3.63, 3.8) is 0 Å². The smallest absolute Gasteiger partial charge is 0.338 e. The van der Waals surface area contributed by atoms with Gasteiger partial charge < -0.3 is 15.8 Å². The minimum atomic E-state index is -2.35. The van der Waals surface area contributed by atoms with Crippen molar-refractivity contribution in [2.24, 2.45) is 5.41 Å². The lowest BCUT2D eigenvalue weighted by molar-refractivity contribution is 0.00695.